The van der Waals surface area contributed by atoms with E-state index in [0.717, 1.165) is 95.1 Å². The van der Waals surface area contributed by atoms with Gasteiger partial charge in [-0.25, -0.2) is 0 Å². The highest BCUT2D eigenvalue weighted by Gasteiger charge is 2.50. The molecule has 1 saturated heterocycles. The molecule has 3 aliphatic rings. The molecule has 2 amide bonds. The van der Waals surface area contributed by atoms with E-state index in [4.69, 9.17) is 14.3 Å². The van der Waals surface area contributed by atoms with Crippen molar-refractivity contribution in [2.45, 2.75) is 115 Å². The van der Waals surface area contributed by atoms with Crippen molar-refractivity contribution in [3.63, 3.8) is 0 Å². The van der Waals surface area contributed by atoms with Gasteiger partial charge in [0.15, 0.2) is 5.82 Å². The van der Waals surface area contributed by atoms with Crippen molar-refractivity contribution in [3.8, 4) is 11.1 Å². The number of aryl methyl sites for hydroxylation is 1. The van der Waals surface area contributed by atoms with Crippen LogP contribution >= 0.6 is 11.9 Å². The number of carbonyl (C=O) groups is 2. The van der Waals surface area contributed by atoms with Crippen LogP contribution in [-0.4, -0.2) is 57.8 Å². The lowest BCUT2D eigenvalue weighted by atomic mass is 9.84. The van der Waals surface area contributed by atoms with Crippen molar-refractivity contribution in [2.24, 2.45) is 10.9 Å². The van der Waals surface area contributed by atoms with E-state index in [1.165, 1.54) is 18.4 Å². The smallest absolute Gasteiger partial charge is 0.256 e. The molecule has 9 nitrogen and oxygen atoms in total. The third-order valence-corrected chi connectivity index (χ3v) is 11.3. The number of likely N-dealkylation sites (tertiary alicyclic amines) is 1. The van der Waals surface area contributed by atoms with E-state index in [1.54, 1.807) is 0 Å². The number of rotatable bonds is 13. The van der Waals surface area contributed by atoms with Crippen LogP contribution < -0.4 is 4.72 Å². The Kier molecular flexibility index (Phi) is 11.4. The Labute approximate surface area is 295 Å². The number of amides is 2. The first-order chi connectivity index (χ1) is 23.8. The molecule has 49 heavy (non-hydrogen) atoms. The molecule has 0 radical (unpaired) electrons. The van der Waals surface area contributed by atoms with Gasteiger partial charge in [0.05, 0.1) is 13.2 Å². The fraction of sp³-hybridized carbons (Fsp3) is 0.538. The summed E-state index contributed by atoms with van der Waals surface area (Å²) < 4.78 is 14.7. The molecule has 1 spiro atoms. The zero-order valence-corrected chi connectivity index (χ0v) is 30.4. The number of unbranched alkanes of at least 4 members (excludes halogenated alkanes) is 1. The molecule has 262 valence electrons. The molecule has 6 rings (SSSR count). The summed E-state index contributed by atoms with van der Waals surface area (Å²) in [4.78, 5) is 37.8. The van der Waals surface area contributed by atoms with Crippen molar-refractivity contribution < 1.29 is 18.8 Å². The zero-order valence-electron chi connectivity index (χ0n) is 29.6. The van der Waals surface area contributed by atoms with E-state index in [0.29, 0.717) is 45.7 Å². The third-order valence-electron chi connectivity index (χ3n) is 10.5. The Morgan fingerprint density at radius 1 is 1.06 bits per heavy atom. The zero-order chi connectivity index (χ0) is 34.4. The molecule has 2 aromatic carbocycles. The number of anilines is 1. The van der Waals surface area contributed by atoms with Gasteiger partial charge in [-0.3, -0.25) is 19.5 Å². The van der Waals surface area contributed by atoms with Crippen molar-refractivity contribution in [1.29, 1.82) is 0 Å². The average molecular weight is 686 g/mol. The number of nitrogens with zero attached hydrogens (tertiary/aromatic N) is 4. The fourth-order valence-corrected chi connectivity index (χ4v) is 8.19. The quantitative estimate of drug-likeness (QED) is 0.180. The summed E-state index contributed by atoms with van der Waals surface area (Å²) in [7, 11) is 0. The van der Waals surface area contributed by atoms with Crippen LogP contribution in [0.2, 0.25) is 0 Å². The number of carbonyl (C=O) groups excluding carboxylic acids is 2. The van der Waals surface area contributed by atoms with Crippen LogP contribution in [0.15, 0.2) is 56.9 Å². The van der Waals surface area contributed by atoms with Crippen LogP contribution in [0.3, 0.4) is 0 Å². The van der Waals surface area contributed by atoms with E-state index in [-0.39, 0.29) is 17.7 Å². The maximum Gasteiger partial charge on any atom is 0.256 e. The highest BCUT2D eigenvalue weighted by atomic mass is 32.2. The van der Waals surface area contributed by atoms with E-state index in [9.17, 15) is 9.59 Å². The molecule has 0 unspecified atom stereocenters. The van der Waals surface area contributed by atoms with Crippen molar-refractivity contribution in [3.05, 3.63) is 64.9 Å². The second-order valence-electron chi connectivity index (χ2n) is 13.8. The number of aliphatic imine (C=N–C) groups is 1. The van der Waals surface area contributed by atoms with E-state index in [2.05, 4.69) is 53.2 Å². The Morgan fingerprint density at radius 2 is 1.84 bits per heavy atom. The molecule has 2 fully saturated rings. The number of aromatic nitrogens is 1. The van der Waals surface area contributed by atoms with Gasteiger partial charge in [0, 0.05) is 42.5 Å². The summed E-state index contributed by atoms with van der Waals surface area (Å²) in [6.07, 6.45) is 9.51. The standard InChI is InChI=1S/C39H51N5O4S/c1-5-7-17-35-40-39(20-22-43(23-21-39)37(45)30-13-9-8-10-14-30)38(46)44(35)25-29-18-19-32(31(24-29)26-47-6-2)33-15-11-12-16-34(33)49-42-36-27(3)28(4)48-41-36/h11-12,15-16,18-19,24,30H,5-10,13-14,17,20-23,25-26H2,1-4H3,(H,41,42). The van der Waals surface area contributed by atoms with Gasteiger partial charge in [-0.1, -0.05) is 74.2 Å². The molecule has 10 heteroatoms. The summed E-state index contributed by atoms with van der Waals surface area (Å²) >= 11 is 1.51. The molecule has 1 aromatic heterocycles. The highest BCUT2D eigenvalue weighted by molar-refractivity contribution is 8.00. The van der Waals surface area contributed by atoms with Gasteiger partial charge in [0.25, 0.3) is 5.91 Å². The molecule has 2 aliphatic heterocycles. The number of hydrogen-bond acceptors (Lipinski definition) is 8. The third kappa shape index (κ3) is 7.75. The second-order valence-corrected chi connectivity index (χ2v) is 14.6. The summed E-state index contributed by atoms with van der Waals surface area (Å²) in [5.74, 6) is 2.93. The topological polar surface area (TPSA) is 100 Å². The van der Waals surface area contributed by atoms with Gasteiger partial charge in [0.1, 0.15) is 17.1 Å². The molecule has 1 aliphatic carbocycles. The predicted molar refractivity (Wildman–Crippen MR) is 195 cm³/mol. The summed E-state index contributed by atoms with van der Waals surface area (Å²) in [5.41, 5.74) is 4.54. The molecule has 3 aromatic rings. The summed E-state index contributed by atoms with van der Waals surface area (Å²) in [6, 6.07) is 14.8. The summed E-state index contributed by atoms with van der Waals surface area (Å²) in [5, 5.41) is 4.16. The number of amidine groups is 1. The molecular formula is C39H51N5O4S. The number of ether oxygens (including phenoxy) is 1. The van der Waals surface area contributed by atoms with E-state index < -0.39 is 5.54 Å². The van der Waals surface area contributed by atoms with Gasteiger partial charge >= 0.3 is 0 Å². The number of benzene rings is 2. The first-order valence-corrected chi connectivity index (χ1v) is 19.0. The molecule has 3 heterocycles. The van der Waals surface area contributed by atoms with Crippen molar-refractivity contribution in [1.82, 2.24) is 15.0 Å². The second kappa shape index (κ2) is 15.9. The first-order valence-electron chi connectivity index (χ1n) is 18.2. The summed E-state index contributed by atoms with van der Waals surface area (Å²) in [6.45, 7) is 10.8. The number of piperidine rings is 1. The van der Waals surface area contributed by atoms with E-state index >= 15 is 0 Å². The number of nitrogens with one attached hydrogen (secondary N) is 1. The Balaban J connectivity index is 1.21. The van der Waals surface area contributed by atoms with E-state index in [1.807, 2.05) is 36.6 Å². The van der Waals surface area contributed by atoms with Gasteiger partial charge in [-0.15, -0.1) is 0 Å². The van der Waals surface area contributed by atoms with Crippen LogP contribution in [0, 0.1) is 19.8 Å². The van der Waals surface area contributed by atoms with Gasteiger partial charge < -0.3 is 18.9 Å². The minimum absolute atomic E-state index is 0.0880. The Morgan fingerprint density at radius 3 is 2.55 bits per heavy atom. The largest absolute Gasteiger partial charge is 0.377 e. The van der Waals surface area contributed by atoms with Crippen LogP contribution in [0.1, 0.15) is 101 Å². The monoisotopic (exact) mass is 685 g/mol. The highest BCUT2D eigenvalue weighted by Crippen LogP contribution is 2.39. The van der Waals surface area contributed by atoms with Gasteiger partial charge in [0.2, 0.25) is 5.91 Å². The molecule has 1 N–H and O–H groups in total. The van der Waals surface area contributed by atoms with Gasteiger partial charge in [-0.05, 0) is 93.1 Å². The normalized spacial score (nSPS) is 18.0. The first kappa shape index (κ1) is 35.2. The average Bonchev–Trinajstić information content (AvgIpc) is 3.59. The SMILES string of the molecule is CCCCC1=NC2(CCN(C(=O)C3CCCCC3)CC2)C(=O)N1Cc1ccc(-c2ccccc2SNc2noc(C)c2C)c(COCC)c1. The van der Waals surface area contributed by atoms with Gasteiger partial charge in [-0.2, -0.15) is 0 Å². The van der Waals surface area contributed by atoms with Crippen LogP contribution in [0.25, 0.3) is 11.1 Å². The lowest BCUT2D eigenvalue weighted by molar-refractivity contribution is -0.141. The van der Waals surface area contributed by atoms with Crippen molar-refractivity contribution in [2.75, 3.05) is 24.4 Å². The minimum atomic E-state index is -0.760. The fourth-order valence-electron chi connectivity index (χ4n) is 7.36. The molecule has 0 bridgehead atoms. The number of hydrogen-bond donors (Lipinski definition) is 1. The lowest BCUT2D eigenvalue weighted by Crippen LogP contribution is -2.52. The van der Waals surface area contributed by atoms with Crippen LogP contribution in [0.5, 0.6) is 0 Å². The van der Waals surface area contributed by atoms with Crippen LogP contribution in [-0.2, 0) is 27.5 Å². The van der Waals surface area contributed by atoms with Crippen molar-refractivity contribution >= 4 is 35.4 Å². The van der Waals surface area contributed by atoms with Crippen LogP contribution in [0.4, 0.5) is 5.82 Å². The molecule has 0 atom stereocenters. The Hall–Kier alpha value is -3.63. The molecule has 1 saturated carbocycles. The maximum atomic E-state index is 14.3. The predicted octanol–water partition coefficient (Wildman–Crippen LogP) is 8.49. The lowest BCUT2D eigenvalue weighted by Gasteiger charge is -2.38. The maximum absolute atomic E-state index is 14.3. The minimum Gasteiger partial charge on any atom is -0.377 e. The Bertz CT molecular complexity index is 1650. The molecular weight excluding hydrogens is 635 g/mol.